The van der Waals surface area contributed by atoms with Gasteiger partial charge in [0.15, 0.2) is 23.5 Å². The number of aliphatic hydroxyl groups excluding tert-OH is 1. The molecular weight excluding hydrogens is 857 g/mol. The van der Waals surface area contributed by atoms with E-state index in [4.69, 9.17) is 14.2 Å². The van der Waals surface area contributed by atoms with Crippen molar-refractivity contribution in [1.29, 1.82) is 0 Å². The van der Waals surface area contributed by atoms with Crippen molar-refractivity contribution in [2.45, 2.75) is 31.5 Å². The largest absolute Gasteiger partial charge is 0.497 e. The molecule has 5 N–H and O–H groups in total. The number of aryl methyl sites for hydroxylation is 3. The number of rotatable bonds is 13. The number of carbonyl (C=O) groups excluding carboxylic acids is 5. The van der Waals surface area contributed by atoms with Gasteiger partial charge in [0, 0.05) is 70.3 Å². The zero-order valence-electron chi connectivity index (χ0n) is 36.5. The minimum atomic E-state index is -1.56. The summed E-state index contributed by atoms with van der Waals surface area (Å²) >= 11 is 0. The van der Waals surface area contributed by atoms with E-state index in [1.165, 1.54) is 50.1 Å². The molecule has 21 heteroatoms. The van der Waals surface area contributed by atoms with Crippen LogP contribution in [0.2, 0.25) is 0 Å². The fourth-order valence-corrected chi connectivity index (χ4v) is 8.19. The zero-order valence-corrected chi connectivity index (χ0v) is 36.5. The average Bonchev–Trinajstić information content (AvgIpc) is 4.11. The van der Waals surface area contributed by atoms with Crippen molar-refractivity contribution in [3.05, 3.63) is 108 Å². The van der Waals surface area contributed by atoms with Crippen molar-refractivity contribution < 1.29 is 53.2 Å². The Bertz CT molecular complexity index is 2980. The van der Waals surface area contributed by atoms with Crippen molar-refractivity contribution in [2.75, 3.05) is 48.2 Å². The number of hydrogen-bond donors (Lipinski definition) is 5. The Labute approximate surface area is 376 Å². The number of nitrogens with zero attached hydrogens (tertiary/aromatic N) is 7. The first-order valence-corrected chi connectivity index (χ1v) is 20.6. The monoisotopic (exact) mass is 902 g/mol. The van der Waals surface area contributed by atoms with Crippen LogP contribution in [-0.4, -0.2) is 114 Å². The van der Waals surface area contributed by atoms with Crippen molar-refractivity contribution in [2.24, 2.45) is 21.1 Å². The third-order valence-electron chi connectivity index (χ3n) is 11.4. The third kappa shape index (κ3) is 8.41. The van der Waals surface area contributed by atoms with Gasteiger partial charge in [-0.1, -0.05) is 12.2 Å². The standard InChI is InChI=1S/C45H46N10O11/c1-24-14-34-44(61)55(45(62)63)31-19-36(35(65-6)18-29(31)42(59)54(34)20-24)66-13-7-8-38(56)48-37-23-52(4)39(49-37)41(58)47-26-16-32(50(2)21-26)40(57)46-27-17-33(51(3)22-27)43(60)53-12-11-25-15-28(64-5)9-10-30(25)53/h9-12,15-19,21-23,34,44,61H,1,7-8,13-14,20H2,2-6H3,(H,46,57)(H,47,58)(H,48,56)(H,62,63)/t34-,44-/m0/s1. The van der Waals surface area contributed by atoms with Crippen LogP contribution in [0.25, 0.3) is 10.9 Å². The second-order valence-corrected chi connectivity index (χ2v) is 15.9. The van der Waals surface area contributed by atoms with Gasteiger partial charge in [-0.2, -0.15) is 0 Å². The SMILES string of the molecule is C=C1C[C@H]2[C@H](O)N(C(=O)O)c3cc(OCCCC(=O)Nc4cn(C)c(C(=O)Nc5cc(C(=O)Nc6cc(C(=O)n7ccc8cc(OC)ccc87)n(C)c6)n(C)c5)n4)c(OC)cc3C(=O)N2C1. The van der Waals surface area contributed by atoms with Gasteiger partial charge in [0.05, 0.1) is 55.0 Å². The lowest BCUT2D eigenvalue weighted by atomic mass is 10.1. The van der Waals surface area contributed by atoms with Gasteiger partial charge < -0.3 is 59.0 Å². The topological polar surface area (TPSA) is 246 Å². The fraction of sp³-hybridized carbons (Fsp3) is 0.267. The van der Waals surface area contributed by atoms with Gasteiger partial charge in [0.25, 0.3) is 23.6 Å². The van der Waals surface area contributed by atoms with Gasteiger partial charge in [-0.3, -0.25) is 28.5 Å². The molecular formula is C45H46N10O11. The number of ether oxygens (including phenoxy) is 3. The van der Waals surface area contributed by atoms with Crippen molar-refractivity contribution >= 4 is 69.4 Å². The molecule has 21 nitrogen and oxygen atoms in total. The molecule has 8 rings (SSSR count). The number of hydrogen-bond acceptors (Lipinski definition) is 11. The lowest BCUT2D eigenvalue weighted by molar-refractivity contribution is -0.116. The van der Waals surface area contributed by atoms with Gasteiger partial charge in [-0.05, 0) is 55.3 Å². The molecule has 6 aromatic rings. The molecule has 0 spiro atoms. The Hall–Kier alpha value is -8.33. The number of benzene rings is 2. The van der Waals surface area contributed by atoms with Gasteiger partial charge in [-0.15, -0.1) is 0 Å². The van der Waals surface area contributed by atoms with E-state index < -0.39 is 42.0 Å². The molecule has 2 atom stereocenters. The van der Waals surface area contributed by atoms with Crippen LogP contribution < -0.4 is 35.1 Å². The smallest absolute Gasteiger partial charge is 0.414 e. The van der Waals surface area contributed by atoms with E-state index in [9.17, 15) is 39.0 Å². The molecule has 2 aliphatic heterocycles. The molecule has 2 aliphatic rings. The van der Waals surface area contributed by atoms with E-state index in [0.717, 1.165) is 10.3 Å². The molecule has 6 heterocycles. The first-order valence-electron chi connectivity index (χ1n) is 20.6. The molecule has 4 aromatic heterocycles. The van der Waals surface area contributed by atoms with E-state index in [2.05, 4.69) is 27.5 Å². The van der Waals surface area contributed by atoms with E-state index in [-0.39, 0.29) is 78.4 Å². The number of aromatic nitrogens is 5. The molecule has 342 valence electrons. The molecule has 0 radical (unpaired) electrons. The van der Waals surface area contributed by atoms with Crippen molar-refractivity contribution in [3.63, 3.8) is 0 Å². The summed E-state index contributed by atoms with van der Waals surface area (Å²) in [5.41, 5.74) is 2.58. The minimum absolute atomic E-state index is 0.0104. The Morgan fingerprint density at radius 3 is 2.27 bits per heavy atom. The predicted octanol–water partition coefficient (Wildman–Crippen LogP) is 4.65. The van der Waals surface area contributed by atoms with Crippen LogP contribution in [-0.2, 0) is 25.9 Å². The number of carbonyl (C=O) groups is 6. The Kier molecular flexibility index (Phi) is 11.9. The van der Waals surface area contributed by atoms with E-state index in [1.807, 2.05) is 12.1 Å². The highest BCUT2D eigenvalue weighted by molar-refractivity contribution is 6.08. The van der Waals surface area contributed by atoms with E-state index >= 15 is 0 Å². The van der Waals surface area contributed by atoms with Crippen LogP contribution in [0.3, 0.4) is 0 Å². The molecule has 0 saturated carbocycles. The number of nitrogens with one attached hydrogen (secondary N) is 3. The lowest BCUT2D eigenvalue weighted by Crippen LogP contribution is -2.50. The summed E-state index contributed by atoms with van der Waals surface area (Å²) in [5.74, 6) is -1.30. The summed E-state index contributed by atoms with van der Waals surface area (Å²) < 4.78 is 22.8. The van der Waals surface area contributed by atoms with Gasteiger partial charge in [0.2, 0.25) is 11.7 Å². The van der Waals surface area contributed by atoms with Gasteiger partial charge in [0.1, 0.15) is 17.1 Å². The highest BCUT2D eigenvalue weighted by atomic mass is 16.5. The summed E-state index contributed by atoms with van der Waals surface area (Å²) in [7, 11) is 7.86. The second-order valence-electron chi connectivity index (χ2n) is 15.9. The van der Waals surface area contributed by atoms with Crippen LogP contribution in [0.15, 0.2) is 85.5 Å². The molecule has 0 aliphatic carbocycles. The number of aliphatic hydroxyl groups is 1. The number of carboxylic acid groups (broad SMARTS) is 1. The predicted molar refractivity (Wildman–Crippen MR) is 240 cm³/mol. The van der Waals surface area contributed by atoms with E-state index in [1.54, 1.807) is 69.6 Å². The number of methoxy groups -OCH3 is 2. The summed E-state index contributed by atoms with van der Waals surface area (Å²) in [5, 5.41) is 30.2. The normalized spacial score (nSPS) is 15.5. The van der Waals surface area contributed by atoms with Crippen molar-refractivity contribution in [3.8, 4) is 17.2 Å². The van der Waals surface area contributed by atoms with Crippen LogP contribution in [0.4, 0.5) is 27.7 Å². The number of amides is 5. The summed E-state index contributed by atoms with van der Waals surface area (Å²) in [6.45, 7) is 4.07. The van der Waals surface area contributed by atoms with Gasteiger partial charge in [-0.25, -0.2) is 14.7 Å². The summed E-state index contributed by atoms with van der Waals surface area (Å²) in [6, 6.07) is 12.2. The van der Waals surface area contributed by atoms with Crippen LogP contribution in [0.1, 0.15) is 61.2 Å². The molecule has 0 unspecified atom stereocenters. The van der Waals surface area contributed by atoms with Crippen molar-refractivity contribution in [1.82, 2.24) is 28.2 Å². The highest BCUT2D eigenvalue weighted by Gasteiger charge is 2.46. The molecule has 1 fully saturated rings. The number of anilines is 4. The third-order valence-corrected chi connectivity index (χ3v) is 11.4. The number of fused-ring (bicyclic) bond motifs is 3. The Morgan fingerprint density at radius 2 is 1.56 bits per heavy atom. The molecule has 0 bridgehead atoms. The maximum absolute atomic E-state index is 13.5. The Balaban J connectivity index is 0.851. The minimum Gasteiger partial charge on any atom is -0.497 e. The number of imidazole rings is 1. The summed E-state index contributed by atoms with van der Waals surface area (Å²) in [4.78, 5) is 85.5. The summed E-state index contributed by atoms with van der Waals surface area (Å²) in [6.07, 6.45) is 3.72. The maximum atomic E-state index is 13.5. The van der Waals surface area contributed by atoms with Crippen LogP contribution in [0, 0.1) is 0 Å². The quantitative estimate of drug-likeness (QED) is 0.0786. The van der Waals surface area contributed by atoms with Gasteiger partial charge >= 0.3 is 6.09 Å². The fourth-order valence-electron chi connectivity index (χ4n) is 8.19. The maximum Gasteiger partial charge on any atom is 0.414 e. The highest BCUT2D eigenvalue weighted by Crippen LogP contribution is 2.41. The second kappa shape index (κ2) is 17.7. The molecule has 1 saturated heterocycles. The lowest BCUT2D eigenvalue weighted by Gasteiger charge is -2.30. The van der Waals surface area contributed by atoms with Crippen LogP contribution >= 0.6 is 0 Å². The zero-order chi connectivity index (χ0) is 47.1. The first-order chi connectivity index (χ1) is 31.5. The molecule has 66 heavy (non-hydrogen) atoms. The molecule has 5 amide bonds. The van der Waals surface area contributed by atoms with E-state index in [0.29, 0.717) is 33.9 Å². The Morgan fingerprint density at radius 1 is 0.848 bits per heavy atom. The molecule has 2 aromatic carbocycles. The first kappa shape index (κ1) is 44.3. The van der Waals surface area contributed by atoms with Crippen LogP contribution in [0.5, 0.6) is 17.2 Å². The average molecular weight is 903 g/mol.